The highest BCUT2D eigenvalue weighted by Gasteiger charge is 2.12. The lowest BCUT2D eigenvalue weighted by atomic mass is 10.1. The Morgan fingerprint density at radius 1 is 1.35 bits per heavy atom. The molecule has 1 aromatic carbocycles. The summed E-state index contributed by atoms with van der Waals surface area (Å²) in [5.74, 6) is 0. The van der Waals surface area contributed by atoms with Gasteiger partial charge in [0.15, 0.2) is 0 Å². The zero-order valence-electron chi connectivity index (χ0n) is 10.4. The Morgan fingerprint density at radius 3 is 2.71 bits per heavy atom. The smallest absolute Gasteiger partial charge is 0.0490 e. The van der Waals surface area contributed by atoms with Crippen molar-refractivity contribution in [1.82, 2.24) is 4.57 Å². The van der Waals surface area contributed by atoms with E-state index in [1.54, 1.807) is 0 Å². The van der Waals surface area contributed by atoms with Crippen molar-refractivity contribution in [1.29, 1.82) is 0 Å². The molecule has 0 amide bonds. The van der Waals surface area contributed by atoms with E-state index < -0.39 is 0 Å². The normalized spacial score (nSPS) is 11.7. The highest BCUT2D eigenvalue weighted by atomic mass is 15.0. The van der Waals surface area contributed by atoms with Crippen LogP contribution >= 0.6 is 0 Å². The van der Waals surface area contributed by atoms with Crippen molar-refractivity contribution in [2.75, 3.05) is 5.73 Å². The van der Waals surface area contributed by atoms with E-state index in [-0.39, 0.29) is 0 Å². The zero-order valence-corrected chi connectivity index (χ0v) is 10.4. The molecular formula is C14H19N3. The van der Waals surface area contributed by atoms with E-state index in [0.717, 1.165) is 12.2 Å². The molecule has 1 aromatic heterocycles. The minimum Gasteiger partial charge on any atom is -0.399 e. The number of nitrogens with zero attached hydrogens (tertiary/aromatic N) is 1. The van der Waals surface area contributed by atoms with Crippen LogP contribution in [0.25, 0.3) is 17.0 Å². The van der Waals surface area contributed by atoms with Crippen LogP contribution in [0.15, 0.2) is 24.3 Å². The van der Waals surface area contributed by atoms with E-state index in [0.29, 0.717) is 6.54 Å². The SMILES string of the molecule is C/C=C\c1c(CN)n(CC)c2ccc(N)cc12. The number of nitrogen functional groups attached to an aromatic ring is 1. The molecule has 0 radical (unpaired) electrons. The number of hydrogen-bond acceptors (Lipinski definition) is 2. The number of allylic oxidation sites excluding steroid dienone is 1. The third kappa shape index (κ3) is 1.83. The van der Waals surface area contributed by atoms with Gasteiger partial charge in [-0.25, -0.2) is 0 Å². The molecule has 0 aliphatic rings. The van der Waals surface area contributed by atoms with Crippen LogP contribution in [-0.4, -0.2) is 4.57 Å². The third-order valence-electron chi connectivity index (χ3n) is 3.08. The van der Waals surface area contributed by atoms with E-state index in [1.807, 2.05) is 25.1 Å². The van der Waals surface area contributed by atoms with Gasteiger partial charge < -0.3 is 16.0 Å². The topological polar surface area (TPSA) is 57.0 Å². The number of fused-ring (bicyclic) bond motifs is 1. The second-order valence-corrected chi connectivity index (χ2v) is 4.09. The molecule has 0 bridgehead atoms. The van der Waals surface area contributed by atoms with Crippen molar-refractivity contribution in [3.8, 4) is 0 Å². The summed E-state index contributed by atoms with van der Waals surface area (Å²) in [5.41, 5.74) is 16.1. The Balaban J connectivity index is 2.86. The van der Waals surface area contributed by atoms with Crippen LogP contribution in [0.5, 0.6) is 0 Å². The standard InChI is InChI=1S/C14H19N3/c1-3-5-11-12-8-10(16)6-7-13(12)17(4-2)14(11)9-15/h3,5-8H,4,9,15-16H2,1-2H3/b5-3-. The number of hydrogen-bond donors (Lipinski definition) is 2. The van der Waals surface area contributed by atoms with Gasteiger partial charge >= 0.3 is 0 Å². The maximum absolute atomic E-state index is 5.87. The Bertz CT molecular complexity index is 564. The maximum atomic E-state index is 5.87. The zero-order chi connectivity index (χ0) is 12.4. The second kappa shape index (κ2) is 4.63. The van der Waals surface area contributed by atoms with Crippen LogP contribution in [0.1, 0.15) is 25.1 Å². The fraction of sp³-hybridized carbons (Fsp3) is 0.286. The van der Waals surface area contributed by atoms with Gasteiger partial charge in [0.05, 0.1) is 0 Å². The average molecular weight is 229 g/mol. The summed E-state index contributed by atoms with van der Waals surface area (Å²) in [7, 11) is 0. The van der Waals surface area contributed by atoms with E-state index in [9.17, 15) is 0 Å². The van der Waals surface area contributed by atoms with E-state index in [2.05, 4.69) is 23.6 Å². The van der Waals surface area contributed by atoms with Crippen LogP contribution in [0.3, 0.4) is 0 Å². The fourth-order valence-corrected chi connectivity index (χ4v) is 2.38. The van der Waals surface area contributed by atoms with Gasteiger partial charge in [-0.3, -0.25) is 0 Å². The van der Waals surface area contributed by atoms with Gasteiger partial charge in [0, 0.05) is 40.9 Å². The van der Waals surface area contributed by atoms with Gasteiger partial charge in [-0.05, 0) is 32.0 Å². The molecule has 3 nitrogen and oxygen atoms in total. The summed E-state index contributed by atoms with van der Waals surface area (Å²) in [5, 5.41) is 1.19. The molecule has 0 aliphatic heterocycles. The lowest BCUT2D eigenvalue weighted by Gasteiger charge is -2.06. The molecule has 1 heterocycles. The molecule has 0 saturated heterocycles. The molecule has 0 unspecified atom stereocenters. The maximum Gasteiger partial charge on any atom is 0.0490 e. The summed E-state index contributed by atoms with van der Waals surface area (Å²) in [6, 6.07) is 6.03. The first-order valence-electron chi connectivity index (χ1n) is 5.96. The number of anilines is 1. The van der Waals surface area contributed by atoms with Crippen LogP contribution < -0.4 is 11.5 Å². The van der Waals surface area contributed by atoms with Crippen LogP contribution in [0.4, 0.5) is 5.69 Å². The van der Waals surface area contributed by atoms with Crippen LogP contribution in [-0.2, 0) is 13.1 Å². The Morgan fingerprint density at radius 2 is 2.12 bits per heavy atom. The minimum absolute atomic E-state index is 0.544. The van der Waals surface area contributed by atoms with Crippen LogP contribution in [0, 0.1) is 0 Å². The van der Waals surface area contributed by atoms with Gasteiger partial charge in [0.25, 0.3) is 0 Å². The average Bonchev–Trinajstić information content (AvgIpc) is 2.62. The van der Waals surface area contributed by atoms with Gasteiger partial charge in [-0.1, -0.05) is 12.2 Å². The summed E-state index contributed by atoms with van der Waals surface area (Å²) in [6.07, 6.45) is 4.15. The van der Waals surface area contributed by atoms with Gasteiger partial charge in [-0.15, -0.1) is 0 Å². The molecule has 0 saturated carbocycles. The molecule has 4 N–H and O–H groups in total. The summed E-state index contributed by atoms with van der Waals surface area (Å²) in [4.78, 5) is 0. The van der Waals surface area contributed by atoms with Crippen molar-refractivity contribution in [3.05, 3.63) is 35.5 Å². The molecule has 3 heteroatoms. The lowest BCUT2D eigenvalue weighted by molar-refractivity contribution is 0.738. The van der Waals surface area contributed by atoms with E-state index >= 15 is 0 Å². The van der Waals surface area contributed by atoms with Crippen molar-refractivity contribution in [2.24, 2.45) is 5.73 Å². The molecule has 2 aromatic rings. The third-order valence-corrected chi connectivity index (χ3v) is 3.08. The predicted octanol–water partition coefficient (Wildman–Crippen LogP) is 2.74. The molecule has 0 atom stereocenters. The van der Waals surface area contributed by atoms with Gasteiger partial charge in [0.1, 0.15) is 0 Å². The first-order valence-corrected chi connectivity index (χ1v) is 5.96. The highest BCUT2D eigenvalue weighted by molar-refractivity contribution is 5.93. The van der Waals surface area contributed by atoms with Crippen molar-refractivity contribution in [2.45, 2.75) is 26.9 Å². The first-order chi connectivity index (χ1) is 8.22. The Kier molecular flexibility index (Phi) is 3.20. The lowest BCUT2D eigenvalue weighted by Crippen LogP contribution is -2.06. The molecule has 0 spiro atoms. The Hall–Kier alpha value is -1.74. The van der Waals surface area contributed by atoms with Crippen molar-refractivity contribution < 1.29 is 0 Å². The highest BCUT2D eigenvalue weighted by Crippen LogP contribution is 2.29. The number of rotatable bonds is 3. The summed E-state index contributed by atoms with van der Waals surface area (Å²) < 4.78 is 2.25. The molecule has 2 rings (SSSR count). The second-order valence-electron chi connectivity index (χ2n) is 4.09. The minimum atomic E-state index is 0.544. The first kappa shape index (κ1) is 11.7. The van der Waals surface area contributed by atoms with E-state index in [1.165, 1.54) is 22.2 Å². The molecule has 0 aliphatic carbocycles. The van der Waals surface area contributed by atoms with Gasteiger partial charge in [0.2, 0.25) is 0 Å². The number of benzene rings is 1. The predicted molar refractivity (Wildman–Crippen MR) is 74.6 cm³/mol. The quantitative estimate of drug-likeness (QED) is 0.795. The number of aromatic nitrogens is 1. The van der Waals surface area contributed by atoms with E-state index in [4.69, 9.17) is 11.5 Å². The molecule has 90 valence electrons. The Labute approximate surface area is 102 Å². The number of aryl methyl sites for hydroxylation is 1. The monoisotopic (exact) mass is 229 g/mol. The van der Waals surface area contributed by atoms with Crippen LogP contribution in [0.2, 0.25) is 0 Å². The summed E-state index contributed by atoms with van der Waals surface area (Å²) >= 11 is 0. The largest absolute Gasteiger partial charge is 0.399 e. The fourth-order valence-electron chi connectivity index (χ4n) is 2.38. The molecule has 17 heavy (non-hydrogen) atoms. The van der Waals surface area contributed by atoms with Crippen molar-refractivity contribution in [3.63, 3.8) is 0 Å². The van der Waals surface area contributed by atoms with Crippen molar-refractivity contribution >= 4 is 22.7 Å². The summed E-state index contributed by atoms with van der Waals surface area (Å²) in [6.45, 7) is 5.61. The molecular weight excluding hydrogens is 210 g/mol. The molecule has 0 fully saturated rings. The van der Waals surface area contributed by atoms with Gasteiger partial charge in [-0.2, -0.15) is 0 Å². The number of nitrogens with two attached hydrogens (primary N) is 2.